The Hall–Kier alpha value is -1.30. The van der Waals surface area contributed by atoms with Gasteiger partial charge in [0, 0.05) is 11.3 Å². The molecule has 100 valence electrons. The van der Waals surface area contributed by atoms with E-state index in [-0.39, 0.29) is 5.41 Å². The van der Waals surface area contributed by atoms with Gasteiger partial charge in [0.2, 0.25) is 0 Å². The van der Waals surface area contributed by atoms with Crippen LogP contribution in [0.2, 0.25) is 0 Å². The Balaban J connectivity index is 2.19. The lowest BCUT2D eigenvalue weighted by Gasteiger charge is -2.25. The topological polar surface area (TPSA) is 0 Å². The van der Waals surface area contributed by atoms with Gasteiger partial charge in [0.25, 0.3) is 0 Å². The lowest BCUT2D eigenvalue weighted by Crippen LogP contribution is -2.18. The number of hydrogen-bond donors (Lipinski definition) is 0. The third kappa shape index (κ3) is 1.89. The minimum atomic E-state index is 0.209. The number of benzene rings is 1. The van der Waals surface area contributed by atoms with Crippen molar-refractivity contribution >= 4 is 0 Å². The molecule has 0 heteroatoms. The van der Waals surface area contributed by atoms with Gasteiger partial charge in [-0.05, 0) is 36.0 Å². The van der Waals surface area contributed by atoms with Crippen molar-refractivity contribution in [3.63, 3.8) is 0 Å². The van der Waals surface area contributed by atoms with Gasteiger partial charge in [-0.15, -0.1) is 0 Å². The van der Waals surface area contributed by atoms with Gasteiger partial charge in [-0.2, -0.15) is 0 Å². The highest BCUT2D eigenvalue weighted by Crippen LogP contribution is 2.53. The molecule has 0 saturated heterocycles. The summed E-state index contributed by atoms with van der Waals surface area (Å²) in [6.45, 7) is 7.10. The molecule has 0 radical (unpaired) electrons. The lowest BCUT2D eigenvalue weighted by molar-refractivity contribution is 0.598. The molecule has 19 heavy (non-hydrogen) atoms. The highest BCUT2D eigenvalue weighted by atomic mass is 14.5. The normalized spacial score (nSPS) is 23.5. The summed E-state index contributed by atoms with van der Waals surface area (Å²) in [6.07, 6.45) is 11.9. The molecule has 0 nitrogen and oxygen atoms in total. The molecular weight excluding hydrogens is 228 g/mol. The van der Waals surface area contributed by atoms with Crippen LogP contribution in [0.15, 0.2) is 42.0 Å². The fraction of sp³-hybridized carbons (Fsp3) is 0.474. The van der Waals surface area contributed by atoms with Gasteiger partial charge in [-0.1, -0.05) is 69.2 Å². The average Bonchev–Trinajstić information content (AvgIpc) is 2.58. The molecule has 0 N–H and O–H groups in total. The second-order valence-electron chi connectivity index (χ2n) is 6.44. The summed E-state index contributed by atoms with van der Waals surface area (Å²) >= 11 is 0. The molecule has 0 aliphatic heterocycles. The predicted molar refractivity (Wildman–Crippen MR) is 82.7 cm³/mol. The monoisotopic (exact) mass is 252 g/mol. The number of allylic oxidation sites excluding steroid dienone is 4. The van der Waals surface area contributed by atoms with Crippen LogP contribution < -0.4 is 0 Å². The van der Waals surface area contributed by atoms with Gasteiger partial charge in [0.15, 0.2) is 0 Å². The SMILES string of the molecule is CCCc1cccc2c1C(C)(C)C1=CC=CCCC12. The van der Waals surface area contributed by atoms with E-state index >= 15 is 0 Å². The maximum atomic E-state index is 2.41. The standard InChI is InChI=1S/C19H24/c1-4-9-14-10-8-12-16-15-11-6-5-7-13-17(15)19(2,3)18(14)16/h5,7-8,10,12-13,15H,4,6,9,11H2,1-3H3. The van der Waals surface area contributed by atoms with E-state index in [1.54, 1.807) is 22.3 Å². The van der Waals surface area contributed by atoms with Gasteiger partial charge in [0.05, 0.1) is 0 Å². The summed E-state index contributed by atoms with van der Waals surface area (Å²) in [4.78, 5) is 0. The third-order valence-electron chi connectivity index (χ3n) is 4.83. The van der Waals surface area contributed by atoms with Crippen molar-refractivity contribution in [1.82, 2.24) is 0 Å². The first-order chi connectivity index (χ1) is 9.16. The molecule has 2 aliphatic carbocycles. The van der Waals surface area contributed by atoms with Gasteiger partial charge >= 0.3 is 0 Å². The number of rotatable bonds is 2. The molecule has 1 aromatic carbocycles. The maximum absolute atomic E-state index is 2.41. The van der Waals surface area contributed by atoms with E-state index in [9.17, 15) is 0 Å². The minimum absolute atomic E-state index is 0.209. The molecule has 0 spiro atoms. The van der Waals surface area contributed by atoms with Crippen molar-refractivity contribution in [2.24, 2.45) is 0 Å². The zero-order valence-corrected chi connectivity index (χ0v) is 12.4. The van der Waals surface area contributed by atoms with Crippen LogP contribution in [0, 0.1) is 0 Å². The Morgan fingerprint density at radius 3 is 2.89 bits per heavy atom. The lowest BCUT2D eigenvalue weighted by atomic mass is 9.78. The molecular formula is C19H24. The minimum Gasteiger partial charge on any atom is -0.0845 e. The van der Waals surface area contributed by atoms with Crippen molar-refractivity contribution in [3.05, 3.63) is 58.7 Å². The molecule has 0 saturated carbocycles. The number of hydrogen-bond acceptors (Lipinski definition) is 0. The van der Waals surface area contributed by atoms with E-state index in [1.807, 2.05) is 0 Å². The van der Waals surface area contributed by atoms with Gasteiger partial charge in [-0.3, -0.25) is 0 Å². The van der Waals surface area contributed by atoms with Crippen molar-refractivity contribution in [3.8, 4) is 0 Å². The summed E-state index contributed by atoms with van der Waals surface area (Å²) in [5.74, 6) is 0.650. The fourth-order valence-corrected chi connectivity index (χ4v) is 4.06. The smallest absolute Gasteiger partial charge is 0.0120 e. The summed E-state index contributed by atoms with van der Waals surface area (Å²) < 4.78 is 0. The van der Waals surface area contributed by atoms with Gasteiger partial charge in [-0.25, -0.2) is 0 Å². The van der Waals surface area contributed by atoms with Crippen molar-refractivity contribution < 1.29 is 0 Å². The van der Waals surface area contributed by atoms with Crippen LogP contribution in [-0.4, -0.2) is 0 Å². The van der Waals surface area contributed by atoms with Crippen LogP contribution in [0.4, 0.5) is 0 Å². The Bertz CT molecular complexity index is 543. The molecule has 1 unspecified atom stereocenters. The quantitative estimate of drug-likeness (QED) is 0.671. The molecule has 0 bridgehead atoms. The van der Waals surface area contributed by atoms with E-state index in [4.69, 9.17) is 0 Å². The van der Waals surface area contributed by atoms with Crippen molar-refractivity contribution in [2.45, 2.75) is 57.8 Å². The Morgan fingerprint density at radius 1 is 1.26 bits per heavy atom. The highest BCUT2D eigenvalue weighted by molar-refractivity contribution is 5.58. The van der Waals surface area contributed by atoms with Crippen LogP contribution in [0.3, 0.4) is 0 Å². The van der Waals surface area contributed by atoms with Crippen molar-refractivity contribution in [1.29, 1.82) is 0 Å². The molecule has 0 heterocycles. The van der Waals surface area contributed by atoms with Crippen LogP contribution in [-0.2, 0) is 11.8 Å². The average molecular weight is 252 g/mol. The summed E-state index contributed by atoms with van der Waals surface area (Å²) in [7, 11) is 0. The van der Waals surface area contributed by atoms with E-state index in [1.165, 1.54) is 25.7 Å². The van der Waals surface area contributed by atoms with Crippen LogP contribution in [0.1, 0.15) is 62.6 Å². The molecule has 0 amide bonds. The fourth-order valence-electron chi connectivity index (χ4n) is 4.06. The molecule has 1 aromatic rings. The summed E-state index contributed by atoms with van der Waals surface area (Å²) in [6, 6.07) is 6.97. The Kier molecular flexibility index (Phi) is 3.12. The Morgan fingerprint density at radius 2 is 2.11 bits per heavy atom. The van der Waals surface area contributed by atoms with Crippen LogP contribution in [0.5, 0.6) is 0 Å². The number of aryl methyl sites for hydroxylation is 1. The Labute approximate surface area is 117 Å². The van der Waals surface area contributed by atoms with E-state index in [0.717, 1.165) is 0 Å². The first kappa shape index (κ1) is 12.7. The molecule has 0 aromatic heterocycles. The molecule has 1 atom stereocenters. The van der Waals surface area contributed by atoms with Gasteiger partial charge < -0.3 is 0 Å². The predicted octanol–water partition coefficient (Wildman–Crippen LogP) is 5.29. The van der Waals surface area contributed by atoms with Gasteiger partial charge in [0.1, 0.15) is 0 Å². The number of fused-ring (bicyclic) bond motifs is 3. The first-order valence-electron chi connectivity index (χ1n) is 7.65. The van der Waals surface area contributed by atoms with E-state index < -0.39 is 0 Å². The first-order valence-corrected chi connectivity index (χ1v) is 7.65. The maximum Gasteiger partial charge on any atom is 0.0120 e. The molecule has 0 fully saturated rings. The summed E-state index contributed by atoms with van der Waals surface area (Å²) in [5, 5.41) is 0. The molecule has 2 aliphatic rings. The zero-order valence-electron chi connectivity index (χ0n) is 12.4. The van der Waals surface area contributed by atoms with Crippen LogP contribution >= 0.6 is 0 Å². The second kappa shape index (κ2) is 4.67. The van der Waals surface area contributed by atoms with Crippen molar-refractivity contribution in [2.75, 3.05) is 0 Å². The third-order valence-corrected chi connectivity index (χ3v) is 4.83. The van der Waals surface area contributed by atoms with E-state index in [2.05, 4.69) is 57.2 Å². The molecule has 3 rings (SSSR count). The largest absolute Gasteiger partial charge is 0.0845 e. The highest BCUT2D eigenvalue weighted by Gasteiger charge is 2.42. The zero-order chi connectivity index (χ0) is 13.5. The van der Waals surface area contributed by atoms with Crippen LogP contribution in [0.25, 0.3) is 0 Å². The van der Waals surface area contributed by atoms with E-state index in [0.29, 0.717) is 5.92 Å². The summed E-state index contributed by atoms with van der Waals surface area (Å²) in [5.41, 5.74) is 6.64. The second-order valence-corrected chi connectivity index (χ2v) is 6.44.